The Morgan fingerprint density at radius 3 is 2.56 bits per heavy atom. The second-order valence-electron chi connectivity index (χ2n) is 13.2. The molecule has 2 bridgehead atoms. The molecule has 2 aromatic carbocycles. The van der Waals surface area contributed by atoms with Gasteiger partial charge in [0.2, 0.25) is 0 Å². The minimum atomic E-state index is -0.773. The van der Waals surface area contributed by atoms with Gasteiger partial charge in [0, 0.05) is 55.1 Å². The Bertz CT molecular complexity index is 1500. The smallest absolute Gasteiger partial charge is 0.319 e. The van der Waals surface area contributed by atoms with Gasteiger partial charge in [0.25, 0.3) is 0 Å². The molecule has 3 aromatic rings. The van der Waals surface area contributed by atoms with E-state index in [1.807, 2.05) is 23.1 Å². The SMILES string of the molecule is CC(C)(c1ccccc1)N1C2CN(c3nc(OCC4(CN5CCOCC5)CC4)nc4c(F)c(Br)c(F)cc34)C[C@@H]1CC2O. The summed E-state index contributed by atoms with van der Waals surface area (Å²) >= 11 is 3.05. The zero-order valence-corrected chi connectivity index (χ0v) is 26.2. The second-order valence-corrected chi connectivity index (χ2v) is 13.9. The van der Waals surface area contributed by atoms with Crippen LogP contribution in [0.25, 0.3) is 10.9 Å². The molecule has 4 heterocycles. The maximum absolute atomic E-state index is 15.5. The van der Waals surface area contributed by atoms with Crippen LogP contribution in [0.2, 0.25) is 0 Å². The monoisotopic (exact) mass is 657 g/mol. The molecule has 4 aliphatic rings. The molecular formula is C32H38BrF2N5O3. The number of anilines is 1. The normalized spacial score (nSPS) is 25.8. The van der Waals surface area contributed by atoms with Crippen LogP contribution >= 0.6 is 15.9 Å². The number of aliphatic hydroxyl groups is 1. The standard InChI is InChI=1S/C32H38BrF2N5O3/c1-31(2,20-6-4-3-5-7-20)40-21-14-25(41)24(40)17-39(16-21)29-22-15-23(34)26(33)27(35)28(22)36-30(37-29)43-19-32(8-9-32)18-38-10-12-42-13-11-38/h3-7,15,21,24-25,41H,8-14,16-19H2,1-2H3/t21-,24?,25?/m0/s1. The highest BCUT2D eigenvalue weighted by Crippen LogP contribution is 2.47. The fourth-order valence-corrected chi connectivity index (χ4v) is 7.69. The Morgan fingerprint density at radius 1 is 1.12 bits per heavy atom. The topological polar surface area (TPSA) is 74.2 Å². The number of benzene rings is 2. The molecular weight excluding hydrogens is 620 g/mol. The Hall–Kier alpha value is -2.44. The number of hydrogen-bond donors (Lipinski definition) is 1. The van der Waals surface area contributed by atoms with Gasteiger partial charge in [0.1, 0.15) is 17.2 Å². The molecule has 230 valence electrons. The molecule has 1 aliphatic carbocycles. The Balaban J connectivity index is 1.19. The van der Waals surface area contributed by atoms with Gasteiger partial charge >= 0.3 is 6.01 Å². The molecule has 11 heteroatoms. The summed E-state index contributed by atoms with van der Waals surface area (Å²) in [6.07, 6.45) is 2.19. The highest BCUT2D eigenvalue weighted by molar-refractivity contribution is 9.10. The van der Waals surface area contributed by atoms with Gasteiger partial charge in [-0.1, -0.05) is 30.3 Å². The van der Waals surface area contributed by atoms with Gasteiger partial charge in [0.05, 0.1) is 36.4 Å². The fourth-order valence-electron chi connectivity index (χ4n) is 7.39. The first kappa shape index (κ1) is 29.3. The van der Waals surface area contributed by atoms with Crippen LogP contribution in [-0.2, 0) is 10.3 Å². The third kappa shape index (κ3) is 5.41. The summed E-state index contributed by atoms with van der Waals surface area (Å²) in [6.45, 7) is 10.0. The van der Waals surface area contributed by atoms with Crippen LogP contribution < -0.4 is 9.64 Å². The van der Waals surface area contributed by atoms with Crippen molar-refractivity contribution >= 4 is 32.7 Å². The van der Waals surface area contributed by atoms with Crippen LogP contribution in [0.4, 0.5) is 14.6 Å². The number of ether oxygens (including phenoxy) is 2. The molecule has 0 amide bonds. The largest absolute Gasteiger partial charge is 0.463 e. The number of hydrogen-bond acceptors (Lipinski definition) is 8. The summed E-state index contributed by atoms with van der Waals surface area (Å²) in [5.74, 6) is -1.05. The molecule has 3 atom stereocenters. The van der Waals surface area contributed by atoms with Crippen molar-refractivity contribution in [3.05, 3.63) is 58.1 Å². The number of aromatic nitrogens is 2. The molecule has 8 nitrogen and oxygen atoms in total. The molecule has 7 rings (SSSR count). The van der Waals surface area contributed by atoms with Gasteiger partial charge in [-0.05, 0) is 60.7 Å². The van der Waals surface area contributed by atoms with E-state index in [-0.39, 0.29) is 39.0 Å². The van der Waals surface area contributed by atoms with E-state index >= 15 is 4.39 Å². The maximum Gasteiger partial charge on any atom is 0.319 e. The van der Waals surface area contributed by atoms with Crippen molar-refractivity contribution in [2.75, 3.05) is 57.4 Å². The number of aliphatic hydroxyl groups excluding tert-OH is 1. The number of morpholine rings is 1. The highest BCUT2D eigenvalue weighted by Gasteiger charge is 2.52. The Morgan fingerprint density at radius 2 is 1.86 bits per heavy atom. The third-order valence-corrected chi connectivity index (χ3v) is 10.6. The minimum absolute atomic E-state index is 0.0197. The molecule has 3 saturated heterocycles. The Labute approximate surface area is 259 Å². The second kappa shape index (κ2) is 11.2. The van der Waals surface area contributed by atoms with Crippen LogP contribution in [0.3, 0.4) is 0 Å². The van der Waals surface area contributed by atoms with E-state index in [1.165, 1.54) is 11.6 Å². The first-order valence-electron chi connectivity index (χ1n) is 15.2. The van der Waals surface area contributed by atoms with Crippen molar-refractivity contribution in [1.29, 1.82) is 0 Å². The van der Waals surface area contributed by atoms with E-state index in [4.69, 9.17) is 14.5 Å². The van der Waals surface area contributed by atoms with E-state index in [9.17, 15) is 9.50 Å². The minimum Gasteiger partial charge on any atom is -0.463 e. The van der Waals surface area contributed by atoms with Crippen LogP contribution in [0, 0.1) is 17.0 Å². The quantitative estimate of drug-likeness (QED) is 0.349. The van der Waals surface area contributed by atoms with Crippen LogP contribution in [0.5, 0.6) is 6.01 Å². The van der Waals surface area contributed by atoms with Gasteiger partial charge in [-0.2, -0.15) is 9.97 Å². The van der Waals surface area contributed by atoms with Gasteiger partial charge in [0.15, 0.2) is 5.82 Å². The zero-order valence-electron chi connectivity index (χ0n) is 24.6. The molecule has 43 heavy (non-hydrogen) atoms. The van der Waals surface area contributed by atoms with Gasteiger partial charge in [-0.15, -0.1) is 0 Å². The van der Waals surface area contributed by atoms with E-state index < -0.39 is 17.7 Å². The first-order valence-corrected chi connectivity index (χ1v) is 16.0. The van der Waals surface area contributed by atoms with E-state index in [0.717, 1.165) is 45.7 Å². The van der Waals surface area contributed by atoms with Crippen molar-refractivity contribution in [3.63, 3.8) is 0 Å². The molecule has 1 N–H and O–H groups in total. The number of fused-ring (bicyclic) bond motifs is 3. The lowest BCUT2D eigenvalue weighted by Crippen LogP contribution is -2.61. The lowest BCUT2D eigenvalue weighted by Gasteiger charge is -2.50. The van der Waals surface area contributed by atoms with Gasteiger partial charge in [-0.3, -0.25) is 9.80 Å². The van der Waals surface area contributed by atoms with E-state index in [1.54, 1.807) is 0 Å². The number of piperazine rings is 1. The number of rotatable bonds is 8. The molecule has 1 saturated carbocycles. The van der Waals surface area contributed by atoms with E-state index in [0.29, 0.717) is 37.3 Å². The summed E-state index contributed by atoms with van der Waals surface area (Å²) in [5.41, 5.74) is 0.905. The van der Waals surface area contributed by atoms with Crippen molar-refractivity contribution in [1.82, 2.24) is 19.8 Å². The lowest BCUT2D eigenvalue weighted by molar-refractivity contribution is 0.0219. The average Bonchev–Trinajstić information content (AvgIpc) is 3.74. The van der Waals surface area contributed by atoms with Crippen molar-refractivity contribution in [2.24, 2.45) is 5.41 Å². The van der Waals surface area contributed by atoms with Crippen LogP contribution in [-0.4, -0.2) is 95.6 Å². The van der Waals surface area contributed by atoms with Gasteiger partial charge in [-0.25, -0.2) is 8.78 Å². The number of nitrogens with zero attached hydrogens (tertiary/aromatic N) is 5. The summed E-state index contributed by atoms with van der Waals surface area (Å²) in [4.78, 5) is 16.1. The first-order chi connectivity index (χ1) is 20.6. The lowest BCUT2D eigenvalue weighted by atomic mass is 9.89. The molecule has 0 radical (unpaired) electrons. The van der Waals surface area contributed by atoms with Crippen LogP contribution in [0.1, 0.15) is 38.7 Å². The summed E-state index contributed by atoms with van der Waals surface area (Å²) in [7, 11) is 0. The fraction of sp³-hybridized carbons (Fsp3) is 0.562. The summed E-state index contributed by atoms with van der Waals surface area (Å²) in [5, 5.41) is 11.5. The number of halogens is 3. The average molecular weight is 659 g/mol. The molecule has 3 aliphatic heterocycles. The third-order valence-electron chi connectivity index (χ3n) is 9.89. The molecule has 4 fully saturated rings. The van der Waals surface area contributed by atoms with Crippen molar-refractivity contribution in [3.8, 4) is 6.01 Å². The van der Waals surface area contributed by atoms with Crippen molar-refractivity contribution < 1.29 is 23.4 Å². The molecule has 0 spiro atoms. The predicted molar refractivity (Wildman–Crippen MR) is 163 cm³/mol. The van der Waals surface area contributed by atoms with Gasteiger partial charge < -0.3 is 19.5 Å². The zero-order chi connectivity index (χ0) is 29.9. The molecule has 1 aromatic heterocycles. The summed E-state index contributed by atoms with van der Waals surface area (Å²) in [6, 6.07) is 11.5. The maximum atomic E-state index is 15.5. The predicted octanol–water partition coefficient (Wildman–Crippen LogP) is 4.72. The molecule has 2 unspecified atom stereocenters. The summed E-state index contributed by atoms with van der Waals surface area (Å²) < 4.78 is 41.8. The van der Waals surface area contributed by atoms with E-state index in [2.05, 4.69) is 56.7 Å². The van der Waals surface area contributed by atoms with Crippen LogP contribution in [0.15, 0.2) is 40.9 Å². The highest BCUT2D eigenvalue weighted by atomic mass is 79.9. The van der Waals surface area contributed by atoms with Crippen molar-refractivity contribution in [2.45, 2.75) is 56.8 Å². The Kier molecular flexibility index (Phi) is 7.61.